The summed E-state index contributed by atoms with van der Waals surface area (Å²) in [6, 6.07) is 1.94. The number of hydrogen-bond acceptors (Lipinski definition) is 4. The summed E-state index contributed by atoms with van der Waals surface area (Å²) in [6.45, 7) is 6.57. The first-order chi connectivity index (χ1) is 8.79. The van der Waals surface area contributed by atoms with Crippen molar-refractivity contribution in [2.24, 2.45) is 5.92 Å². The lowest BCUT2D eigenvalue weighted by Gasteiger charge is -2.04. The molecule has 1 aliphatic carbocycles. The molecule has 2 unspecified atom stereocenters. The van der Waals surface area contributed by atoms with Crippen molar-refractivity contribution in [2.75, 3.05) is 0 Å². The summed E-state index contributed by atoms with van der Waals surface area (Å²) >= 11 is 3.17. The van der Waals surface area contributed by atoms with Crippen LogP contribution in [-0.2, 0) is 16.6 Å². The Labute approximate surface area is 122 Å². The van der Waals surface area contributed by atoms with Crippen LogP contribution >= 0.6 is 15.9 Å². The second kappa shape index (κ2) is 5.55. The molecule has 7 heteroatoms. The van der Waals surface area contributed by atoms with Crippen molar-refractivity contribution in [2.45, 2.75) is 50.7 Å². The molecule has 108 valence electrons. The maximum atomic E-state index is 12.2. The highest BCUT2D eigenvalue weighted by molar-refractivity contribution is 9.10. The molecule has 0 bridgehead atoms. The second-order valence-electron chi connectivity index (χ2n) is 5.33. The van der Waals surface area contributed by atoms with Gasteiger partial charge in [0.2, 0.25) is 10.0 Å². The van der Waals surface area contributed by atoms with Gasteiger partial charge in [-0.15, -0.1) is 0 Å². The van der Waals surface area contributed by atoms with Crippen LogP contribution in [0.3, 0.4) is 0 Å². The van der Waals surface area contributed by atoms with Crippen LogP contribution in [0.5, 0.6) is 0 Å². The molecule has 0 saturated heterocycles. The number of rotatable bonds is 6. The van der Waals surface area contributed by atoms with Gasteiger partial charge in [-0.25, -0.2) is 13.1 Å². The standard InChI is InChI=1S/C12H19BrN2O3S/c1-7(2)14-6-9-5-11(12(13)18-9)19(16,17)15-10-4-8(10)3/h5,7-8,10,14-15H,4,6H2,1-3H3. The van der Waals surface area contributed by atoms with Crippen molar-refractivity contribution in [3.8, 4) is 0 Å². The summed E-state index contributed by atoms with van der Waals surface area (Å²) in [5.41, 5.74) is 0. The minimum absolute atomic E-state index is 0.0593. The quantitative estimate of drug-likeness (QED) is 0.825. The van der Waals surface area contributed by atoms with E-state index in [9.17, 15) is 8.42 Å². The Balaban J connectivity index is 2.11. The topological polar surface area (TPSA) is 71.3 Å². The smallest absolute Gasteiger partial charge is 0.245 e. The van der Waals surface area contributed by atoms with E-state index in [2.05, 4.69) is 26.0 Å². The molecule has 1 aliphatic rings. The second-order valence-corrected chi connectivity index (χ2v) is 7.73. The van der Waals surface area contributed by atoms with Gasteiger partial charge in [-0.2, -0.15) is 0 Å². The van der Waals surface area contributed by atoms with Crippen LogP contribution in [0.1, 0.15) is 33.0 Å². The Morgan fingerprint density at radius 3 is 2.68 bits per heavy atom. The van der Waals surface area contributed by atoms with Crippen LogP contribution in [0.25, 0.3) is 0 Å². The van der Waals surface area contributed by atoms with Gasteiger partial charge < -0.3 is 9.73 Å². The summed E-state index contributed by atoms with van der Waals surface area (Å²) in [5.74, 6) is 1.02. The van der Waals surface area contributed by atoms with Crippen molar-refractivity contribution in [3.05, 3.63) is 16.5 Å². The Bertz CT molecular complexity index is 553. The molecule has 1 saturated carbocycles. The number of halogens is 1. The van der Waals surface area contributed by atoms with Crippen molar-refractivity contribution in [1.29, 1.82) is 0 Å². The zero-order chi connectivity index (χ0) is 14.2. The van der Waals surface area contributed by atoms with Crippen molar-refractivity contribution < 1.29 is 12.8 Å². The average molecular weight is 351 g/mol. The first kappa shape index (κ1) is 15.0. The van der Waals surface area contributed by atoms with Crippen LogP contribution in [0.2, 0.25) is 0 Å². The van der Waals surface area contributed by atoms with E-state index in [4.69, 9.17) is 4.42 Å². The summed E-state index contributed by atoms with van der Waals surface area (Å²) in [7, 11) is -3.50. The SMILES string of the molecule is CC(C)NCc1cc(S(=O)(=O)NC2CC2C)c(Br)o1. The van der Waals surface area contributed by atoms with Crippen LogP contribution < -0.4 is 10.0 Å². The molecule has 1 aromatic heterocycles. The molecule has 0 aliphatic heterocycles. The predicted molar refractivity (Wildman–Crippen MR) is 76.3 cm³/mol. The maximum Gasteiger partial charge on any atom is 0.245 e. The van der Waals surface area contributed by atoms with Crippen molar-refractivity contribution in [1.82, 2.24) is 10.0 Å². The largest absolute Gasteiger partial charge is 0.452 e. The molecule has 19 heavy (non-hydrogen) atoms. The van der Waals surface area contributed by atoms with E-state index >= 15 is 0 Å². The fourth-order valence-corrected chi connectivity index (χ4v) is 4.08. The molecule has 0 aromatic carbocycles. The van der Waals surface area contributed by atoms with Gasteiger partial charge >= 0.3 is 0 Å². The Morgan fingerprint density at radius 1 is 1.53 bits per heavy atom. The Morgan fingerprint density at radius 2 is 2.16 bits per heavy atom. The van der Waals surface area contributed by atoms with E-state index in [1.807, 2.05) is 20.8 Å². The molecule has 2 atom stereocenters. The van der Waals surface area contributed by atoms with Crippen LogP contribution in [0, 0.1) is 5.92 Å². The first-order valence-electron chi connectivity index (χ1n) is 6.33. The molecule has 1 aromatic rings. The summed E-state index contributed by atoms with van der Waals surface area (Å²) in [6.07, 6.45) is 0.899. The van der Waals surface area contributed by atoms with Gasteiger partial charge in [0.05, 0.1) is 6.54 Å². The molecule has 1 heterocycles. The van der Waals surface area contributed by atoms with E-state index in [1.165, 1.54) is 0 Å². The van der Waals surface area contributed by atoms with Gasteiger partial charge in [0.25, 0.3) is 0 Å². The Hall–Kier alpha value is -0.370. The number of sulfonamides is 1. The van der Waals surface area contributed by atoms with E-state index in [1.54, 1.807) is 6.07 Å². The monoisotopic (exact) mass is 350 g/mol. The molecule has 2 rings (SSSR count). The highest BCUT2D eigenvalue weighted by Crippen LogP contribution is 2.33. The average Bonchev–Trinajstić information content (AvgIpc) is 2.82. The zero-order valence-electron chi connectivity index (χ0n) is 11.2. The number of nitrogens with one attached hydrogen (secondary N) is 2. The summed E-state index contributed by atoms with van der Waals surface area (Å²) < 4.78 is 32.7. The van der Waals surface area contributed by atoms with Crippen LogP contribution in [-0.4, -0.2) is 20.5 Å². The molecule has 2 N–H and O–H groups in total. The van der Waals surface area contributed by atoms with Gasteiger partial charge in [-0.1, -0.05) is 20.8 Å². The molecular formula is C12H19BrN2O3S. The lowest BCUT2D eigenvalue weighted by Crippen LogP contribution is -2.26. The minimum atomic E-state index is -3.50. The lowest BCUT2D eigenvalue weighted by molar-refractivity contribution is 0.447. The van der Waals surface area contributed by atoms with Gasteiger partial charge in [0.1, 0.15) is 10.7 Å². The molecular weight excluding hydrogens is 332 g/mol. The fourth-order valence-electron chi connectivity index (χ4n) is 1.72. The fraction of sp³-hybridized carbons (Fsp3) is 0.667. The van der Waals surface area contributed by atoms with Crippen LogP contribution in [0.15, 0.2) is 20.0 Å². The molecule has 1 fully saturated rings. The number of hydrogen-bond donors (Lipinski definition) is 2. The van der Waals surface area contributed by atoms with Crippen molar-refractivity contribution >= 4 is 26.0 Å². The molecule has 5 nitrogen and oxygen atoms in total. The highest BCUT2D eigenvalue weighted by atomic mass is 79.9. The van der Waals surface area contributed by atoms with E-state index in [-0.39, 0.29) is 15.6 Å². The highest BCUT2D eigenvalue weighted by Gasteiger charge is 2.37. The van der Waals surface area contributed by atoms with Gasteiger partial charge in [-0.3, -0.25) is 0 Å². The first-order valence-corrected chi connectivity index (χ1v) is 8.61. The summed E-state index contributed by atoms with van der Waals surface area (Å²) in [4.78, 5) is 0.173. The molecule has 0 radical (unpaired) electrons. The minimum Gasteiger partial charge on any atom is -0.452 e. The third-order valence-corrected chi connectivity index (χ3v) is 5.44. The number of furan rings is 1. The van der Waals surface area contributed by atoms with Crippen molar-refractivity contribution in [3.63, 3.8) is 0 Å². The van der Waals surface area contributed by atoms with Gasteiger partial charge in [0, 0.05) is 18.2 Å². The van der Waals surface area contributed by atoms with E-state index in [0.29, 0.717) is 24.3 Å². The predicted octanol–water partition coefficient (Wildman–Crippen LogP) is 2.23. The molecule has 0 amide bonds. The van der Waals surface area contributed by atoms with E-state index in [0.717, 1.165) is 6.42 Å². The van der Waals surface area contributed by atoms with Crippen LogP contribution in [0.4, 0.5) is 0 Å². The maximum absolute atomic E-state index is 12.2. The van der Waals surface area contributed by atoms with Gasteiger partial charge in [0.15, 0.2) is 4.67 Å². The van der Waals surface area contributed by atoms with Gasteiger partial charge in [-0.05, 0) is 28.3 Å². The van der Waals surface area contributed by atoms with E-state index < -0.39 is 10.0 Å². The lowest BCUT2D eigenvalue weighted by atomic mass is 10.3. The molecule has 0 spiro atoms. The third-order valence-electron chi connectivity index (χ3n) is 3.10. The third kappa shape index (κ3) is 3.81. The summed E-state index contributed by atoms with van der Waals surface area (Å²) in [5, 5.41) is 3.18. The Kier molecular flexibility index (Phi) is 4.39. The normalized spacial score (nSPS) is 23.0. The zero-order valence-corrected chi connectivity index (χ0v) is 13.6.